The van der Waals surface area contributed by atoms with Crippen molar-refractivity contribution in [2.24, 2.45) is 10.1 Å². The van der Waals surface area contributed by atoms with Crippen LogP contribution in [0.4, 0.5) is 5.69 Å². The van der Waals surface area contributed by atoms with Gasteiger partial charge in [-0.05, 0) is 71.9 Å². The van der Waals surface area contributed by atoms with Gasteiger partial charge in [0.15, 0.2) is 16.6 Å². The molecule has 11 heteroatoms. The molecule has 0 spiro atoms. The average molecular weight is 516 g/mol. The zero-order valence-electron chi connectivity index (χ0n) is 19.6. The number of aliphatic imine (C=N–C) groups is 1. The molecule has 0 saturated heterocycles. The predicted octanol–water partition coefficient (Wildman–Crippen LogP) is 4.36. The summed E-state index contributed by atoms with van der Waals surface area (Å²) < 4.78 is 16.7. The summed E-state index contributed by atoms with van der Waals surface area (Å²) >= 11 is 1.18. The van der Waals surface area contributed by atoms with E-state index in [-0.39, 0.29) is 17.3 Å². The molecule has 2 aromatic carbocycles. The SMILES string of the molecule is CC(=O)Nc1ccc(OCCOc2ccc(/C=C3/C(=N)N4N=C(c5ccco5)SC4=NC3=O)cc2)cc1. The van der Waals surface area contributed by atoms with Gasteiger partial charge in [0.1, 0.15) is 24.7 Å². The molecule has 3 heterocycles. The Morgan fingerprint density at radius 1 is 1.08 bits per heavy atom. The highest BCUT2D eigenvalue weighted by atomic mass is 32.2. The lowest BCUT2D eigenvalue weighted by atomic mass is 10.1. The van der Waals surface area contributed by atoms with E-state index in [1.165, 1.54) is 30.0 Å². The molecule has 0 unspecified atom stereocenters. The van der Waals surface area contributed by atoms with Gasteiger partial charge in [0.05, 0.1) is 11.8 Å². The second kappa shape index (κ2) is 10.5. The van der Waals surface area contributed by atoms with Crippen molar-refractivity contribution < 1.29 is 23.5 Å². The first-order valence-electron chi connectivity index (χ1n) is 11.2. The van der Waals surface area contributed by atoms with Gasteiger partial charge in [-0.1, -0.05) is 12.1 Å². The molecule has 2 aliphatic heterocycles. The molecule has 0 radical (unpaired) electrons. The molecule has 0 atom stereocenters. The van der Waals surface area contributed by atoms with Crippen LogP contribution in [-0.4, -0.2) is 46.1 Å². The molecule has 10 nitrogen and oxygen atoms in total. The van der Waals surface area contributed by atoms with Gasteiger partial charge in [0.25, 0.3) is 5.91 Å². The zero-order chi connectivity index (χ0) is 25.8. The van der Waals surface area contributed by atoms with Gasteiger partial charge in [0, 0.05) is 12.6 Å². The third-order valence-electron chi connectivity index (χ3n) is 5.17. The summed E-state index contributed by atoms with van der Waals surface area (Å²) in [6.45, 7) is 2.12. The van der Waals surface area contributed by atoms with Crippen molar-refractivity contribution >= 4 is 51.4 Å². The Morgan fingerprint density at radius 3 is 2.38 bits per heavy atom. The maximum atomic E-state index is 12.6. The molecule has 1 aromatic heterocycles. The summed E-state index contributed by atoms with van der Waals surface area (Å²) in [5.41, 5.74) is 1.56. The van der Waals surface area contributed by atoms with E-state index >= 15 is 0 Å². The summed E-state index contributed by atoms with van der Waals surface area (Å²) in [6.07, 6.45) is 3.14. The molecule has 0 saturated carbocycles. The Hall–Kier alpha value is -4.64. The predicted molar refractivity (Wildman–Crippen MR) is 141 cm³/mol. The third-order valence-corrected chi connectivity index (χ3v) is 6.10. The van der Waals surface area contributed by atoms with Gasteiger partial charge < -0.3 is 19.2 Å². The van der Waals surface area contributed by atoms with Gasteiger partial charge in [-0.3, -0.25) is 15.0 Å². The fourth-order valence-electron chi connectivity index (χ4n) is 3.48. The molecule has 186 valence electrons. The first-order chi connectivity index (χ1) is 18.0. The highest BCUT2D eigenvalue weighted by Crippen LogP contribution is 2.31. The van der Waals surface area contributed by atoms with Gasteiger partial charge in [-0.25, -0.2) is 0 Å². The van der Waals surface area contributed by atoms with Crippen molar-refractivity contribution in [3.63, 3.8) is 0 Å². The van der Waals surface area contributed by atoms with Crippen LogP contribution in [0.15, 0.2) is 87.0 Å². The Bertz CT molecular complexity index is 1430. The van der Waals surface area contributed by atoms with Crippen LogP contribution in [0.2, 0.25) is 0 Å². The number of carbonyl (C=O) groups is 2. The number of furan rings is 1. The molecule has 2 N–H and O–H groups in total. The van der Waals surface area contributed by atoms with Crippen molar-refractivity contribution in [1.29, 1.82) is 5.41 Å². The summed E-state index contributed by atoms with van der Waals surface area (Å²) in [7, 11) is 0. The normalized spacial score (nSPS) is 15.8. The number of ether oxygens (including phenoxy) is 2. The number of amides is 2. The van der Waals surface area contributed by atoms with Gasteiger partial charge in [-0.2, -0.15) is 15.1 Å². The van der Waals surface area contributed by atoms with E-state index in [0.717, 1.165) is 5.56 Å². The van der Waals surface area contributed by atoms with Crippen LogP contribution in [0, 0.1) is 5.41 Å². The molecule has 0 bridgehead atoms. The molecule has 2 aliphatic rings. The van der Waals surface area contributed by atoms with Crippen molar-refractivity contribution in [3.8, 4) is 11.5 Å². The minimum atomic E-state index is -0.498. The van der Waals surface area contributed by atoms with E-state index in [9.17, 15) is 9.59 Å². The van der Waals surface area contributed by atoms with E-state index < -0.39 is 5.91 Å². The Morgan fingerprint density at radius 2 is 1.76 bits per heavy atom. The van der Waals surface area contributed by atoms with Crippen molar-refractivity contribution in [2.75, 3.05) is 18.5 Å². The molecule has 37 heavy (non-hydrogen) atoms. The fourth-order valence-corrected chi connectivity index (χ4v) is 4.33. The first-order valence-corrected chi connectivity index (χ1v) is 12.1. The quantitative estimate of drug-likeness (QED) is 0.337. The lowest BCUT2D eigenvalue weighted by Gasteiger charge is -2.20. The Balaban J connectivity index is 1.16. The zero-order valence-corrected chi connectivity index (χ0v) is 20.5. The van der Waals surface area contributed by atoms with Crippen LogP contribution < -0.4 is 14.8 Å². The van der Waals surface area contributed by atoms with E-state index in [1.54, 1.807) is 66.7 Å². The van der Waals surface area contributed by atoms with Crippen molar-refractivity contribution in [2.45, 2.75) is 6.92 Å². The monoisotopic (exact) mass is 515 g/mol. The largest absolute Gasteiger partial charge is 0.490 e. The first kappa shape index (κ1) is 24.1. The second-order valence-corrected chi connectivity index (χ2v) is 8.83. The number of fused-ring (bicyclic) bond motifs is 1. The van der Waals surface area contributed by atoms with E-state index in [2.05, 4.69) is 15.4 Å². The van der Waals surface area contributed by atoms with Crippen molar-refractivity contribution in [3.05, 3.63) is 83.8 Å². The van der Waals surface area contributed by atoms with Crippen LogP contribution >= 0.6 is 11.8 Å². The minimum absolute atomic E-state index is 0.0494. The molecule has 0 aliphatic carbocycles. The van der Waals surface area contributed by atoms with Crippen molar-refractivity contribution in [1.82, 2.24) is 5.01 Å². The number of hydrogen-bond donors (Lipinski definition) is 2. The minimum Gasteiger partial charge on any atom is -0.490 e. The van der Waals surface area contributed by atoms with E-state index in [1.807, 2.05) is 0 Å². The van der Waals surface area contributed by atoms with Gasteiger partial charge in [0.2, 0.25) is 11.1 Å². The number of amidine groups is 2. The van der Waals surface area contributed by atoms with Gasteiger partial charge >= 0.3 is 0 Å². The van der Waals surface area contributed by atoms with Gasteiger partial charge in [-0.15, -0.1) is 0 Å². The number of carbonyl (C=O) groups excluding carboxylic acids is 2. The van der Waals surface area contributed by atoms with E-state index in [4.69, 9.17) is 19.3 Å². The Labute approximate surface area is 216 Å². The summed E-state index contributed by atoms with van der Waals surface area (Å²) in [5.74, 6) is 1.18. The van der Waals surface area contributed by atoms with Crippen LogP contribution in [-0.2, 0) is 9.59 Å². The fraction of sp³-hybridized carbons (Fsp3) is 0.115. The van der Waals surface area contributed by atoms with Crippen LogP contribution in [0.1, 0.15) is 18.2 Å². The number of thioether (sulfide) groups is 1. The van der Waals surface area contributed by atoms with E-state index in [0.29, 0.717) is 46.4 Å². The third kappa shape index (κ3) is 5.62. The number of nitrogens with one attached hydrogen (secondary N) is 2. The van der Waals surface area contributed by atoms with Crippen LogP contribution in [0.25, 0.3) is 6.08 Å². The number of hydrazone groups is 1. The summed E-state index contributed by atoms with van der Waals surface area (Å²) in [6, 6.07) is 17.7. The highest BCUT2D eigenvalue weighted by Gasteiger charge is 2.36. The van der Waals surface area contributed by atoms with Crippen LogP contribution in [0.3, 0.4) is 0 Å². The lowest BCUT2D eigenvalue weighted by molar-refractivity contribution is -0.115. The topological polar surface area (TPSA) is 130 Å². The maximum absolute atomic E-state index is 12.6. The number of anilines is 1. The molecule has 3 aromatic rings. The highest BCUT2D eigenvalue weighted by molar-refractivity contribution is 8.27. The smallest absolute Gasteiger partial charge is 0.283 e. The molecule has 5 rings (SSSR count). The number of rotatable bonds is 8. The molecular formula is C26H21N5O5S. The maximum Gasteiger partial charge on any atom is 0.283 e. The molecule has 2 amide bonds. The van der Waals surface area contributed by atoms with Crippen LogP contribution in [0.5, 0.6) is 11.5 Å². The summed E-state index contributed by atoms with van der Waals surface area (Å²) in [4.78, 5) is 27.8. The number of nitrogens with zero attached hydrogens (tertiary/aromatic N) is 3. The number of hydrogen-bond acceptors (Lipinski definition) is 8. The summed E-state index contributed by atoms with van der Waals surface area (Å²) in [5, 5.41) is 17.8. The molecular weight excluding hydrogens is 494 g/mol. The molecule has 0 fully saturated rings. The number of benzene rings is 2. The average Bonchev–Trinajstić information content (AvgIpc) is 3.56. The Kier molecular flexibility index (Phi) is 6.86. The second-order valence-electron chi connectivity index (χ2n) is 7.87. The standard InChI is InChI=1S/C26H21N5O5S/c1-16(32)28-18-6-10-20(11-7-18)35-14-13-34-19-8-4-17(5-9-19)15-21-23(27)31-26(29-24(21)33)37-25(30-31)22-3-2-12-36-22/h2-12,15,27H,13-14H2,1H3,(H,28,32)/b21-15-,27-23?. The lowest BCUT2D eigenvalue weighted by Crippen LogP contribution is -2.35.